The molecule has 0 bridgehead atoms. The van der Waals surface area contributed by atoms with E-state index < -0.39 is 0 Å². The number of hydrogen-bond acceptors (Lipinski definition) is 3. The standard InChI is InChI=1S/C15H22N2O/c1-12(2)18-10-4-9-17-13(3)15-7-5-14(11-16)6-8-15/h5-8,12-13,17H,4,9-10H2,1-3H3. The van der Waals surface area contributed by atoms with Crippen LogP contribution in [0.2, 0.25) is 0 Å². The van der Waals surface area contributed by atoms with E-state index in [2.05, 4.69) is 18.3 Å². The van der Waals surface area contributed by atoms with Gasteiger partial charge in [0.15, 0.2) is 0 Å². The molecule has 0 saturated heterocycles. The number of rotatable bonds is 7. The second-order valence-electron chi connectivity index (χ2n) is 4.68. The molecule has 0 radical (unpaired) electrons. The lowest BCUT2D eigenvalue weighted by Crippen LogP contribution is -2.21. The Morgan fingerprint density at radius 2 is 1.89 bits per heavy atom. The average molecular weight is 246 g/mol. The molecule has 0 spiro atoms. The van der Waals surface area contributed by atoms with Crippen molar-refractivity contribution in [2.24, 2.45) is 0 Å². The van der Waals surface area contributed by atoms with Crippen LogP contribution < -0.4 is 5.32 Å². The molecule has 0 aromatic heterocycles. The Hall–Kier alpha value is -1.37. The topological polar surface area (TPSA) is 45.0 Å². The first-order valence-electron chi connectivity index (χ1n) is 6.48. The molecule has 0 aliphatic heterocycles. The summed E-state index contributed by atoms with van der Waals surface area (Å²) in [6.45, 7) is 7.96. The van der Waals surface area contributed by atoms with Gasteiger partial charge in [-0.3, -0.25) is 0 Å². The third kappa shape index (κ3) is 5.31. The lowest BCUT2D eigenvalue weighted by Gasteiger charge is -2.14. The van der Waals surface area contributed by atoms with E-state index in [1.807, 2.05) is 38.1 Å². The fraction of sp³-hybridized carbons (Fsp3) is 0.533. The molecule has 3 nitrogen and oxygen atoms in total. The Labute approximate surface area is 110 Å². The van der Waals surface area contributed by atoms with E-state index in [1.165, 1.54) is 5.56 Å². The number of benzene rings is 1. The summed E-state index contributed by atoms with van der Waals surface area (Å²) < 4.78 is 5.48. The van der Waals surface area contributed by atoms with Gasteiger partial charge in [-0.2, -0.15) is 5.26 Å². The molecule has 0 aliphatic carbocycles. The van der Waals surface area contributed by atoms with Crippen molar-refractivity contribution in [1.29, 1.82) is 5.26 Å². The first-order valence-corrected chi connectivity index (χ1v) is 6.48. The summed E-state index contributed by atoms with van der Waals surface area (Å²) in [5.74, 6) is 0. The number of nitrogens with one attached hydrogen (secondary N) is 1. The molecule has 0 saturated carbocycles. The Morgan fingerprint density at radius 3 is 2.44 bits per heavy atom. The maximum absolute atomic E-state index is 8.73. The lowest BCUT2D eigenvalue weighted by molar-refractivity contribution is 0.0768. The molecule has 98 valence electrons. The zero-order chi connectivity index (χ0) is 13.4. The predicted octanol–water partition coefficient (Wildman–Crippen LogP) is 3.02. The molecule has 18 heavy (non-hydrogen) atoms. The fourth-order valence-corrected chi connectivity index (χ4v) is 1.67. The Balaban J connectivity index is 2.27. The lowest BCUT2D eigenvalue weighted by atomic mass is 10.1. The van der Waals surface area contributed by atoms with Crippen LogP contribution in [0, 0.1) is 11.3 Å². The predicted molar refractivity (Wildman–Crippen MR) is 73.3 cm³/mol. The molecule has 0 heterocycles. The van der Waals surface area contributed by atoms with Crippen LogP contribution in [0.3, 0.4) is 0 Å². The molecule has 1 atom stereocenters. The van der Waals surface area contributed by atoms with Gasteiger partial charge in [0.05, 0.1) is 17.7 Å². The van der Waals surface area contributed by atoms with Gasteiger partial charge in [0.2, 0.25) is 0 Å². The minimum atomic E-state index is 0.303. The highest BCUT2D eigenvalue weighted by Gasteiger charge is 2.04. The van der Waals surface area contributed by atoms with Crippen LogP contribution in [0.1, 0.15) is 44.4 Å². The van der Waals surface area contributed by atoms with Gasteiger partial charge in [-0.1, -0.05) is 12.1 Å². The molecule has 1 rings (SSSR count). The smallest absolute Gasteiger partial charge is 0.0991 e. The van der Waals surface area contributed by atoms with Crippen LogP contribution in [0.15, 0.2) is 24.3 Å². The quantitative estimate of drug-likeness (QED) is 0.752. The van der Waals surface area contributed by atoms with E-state index in [4.69, 9.17) is 10.00 Å². The van der Waals surface area contributed by atoms with Crippen molar-refractivity contribution in [3.8, 4) is 6.07 Å². The maximum Gasteiger partial charge on any atom is 0.0991 e. The van der Waals surface area contributed by atoms with Gasteiger partial charge in [0.1, 0.15) is 0 Å². The largest absolute Gasteiger partial charge is 0.379 e. The van der Waals surface area contributed by atoms with E-state index in [-0.39, 0.29) is 0 Å². The molecular weight excluding hydrogens is 224 g/mol. The van der Waals surface area contributed by atoms with Crippen molar-refractivity contribution in [3.05, 3.63) is 35.4 Å². The highest BCUT2D eigenvalue weighted by atomic mass is 16.5. The molecule has 3 heteroatoms. The number of hydrogen-bond donors (Lipinski definition) is 1. The van der Waals surface area contributed by atoms with Crippen LogP contribution in [-0.2, 0) is 4.74 Å². The van der Waals surface area contributed by atoms with Crippen molar-refractivity contribution in [2.75, 3.05) is 13.2 Å². The third-order valence-corrected chi connectivity index (χ3v) is 2.76. The van der Waals surface area contributed by atoms with Crippen LogP contribution in [0.4, 0.5) is 0 Å². The highest BCUT2D eigenvalue weighted by molar-refractivity contribution is 5.32. The number of nitriles is 1. The van der Waals surface area contributed by atoms with E-state index in [0.29, 0.717) is 17.7 Å². The average Bonchev–Trinajstić information content (AvgIpc) is 2.38. The van der Waals surface area contributed by atoms with Gasteiger partial charge in [-0.25, -0.2) is 0 Å². The minimum absolute atomic E-state index is 0.303. The summed E-state index contributed by atoms with van der Waals surface area (Å²) in [7, 11) is 0. The molecule has 1 unspecified atom stereocenters. The summed E-state index contributed by atoms with van der Waals surface area (Å²) in [5, 5.41) is 12.2. The van der Waals surface area contributed by atoms with E-state index in [1.54, 1.807) is 0 Å². The molecule has 1 N–H and O–H groups in total. The third-order valence-electron chi connectivity index (χ3n) is 2.76. The summed E-state index contributed by atoms with van der Waals surface area (Å²) in [4.78, 5) is 0. The summed E-state index contributed by atoms with van der Waals surface area (Å²) >= 11 is 0. The monoisotopic (exact) mass is 246 g/mol. The summed E-state index contributed by atoms with van der Waals surface area (Å²) in [5.41, 5.74) is 1.91. The van der Waals surface area contributed by atoms with Gasteiger partial charge >= 0.3 is 0 Å². The fourth-order valence-electron chi connectivity index (χ4n) is 1.67. The molecule has 1 aromatic carbocycles. The summed E-state index contributed by atoms with van der Waals surface area (Å²) in [6.07, 6.45) is 1.32. The maximum atomic E-state index is 8.73. The highest BCUT2D eigenvalue weighted by Crippen LogP contribution is 2.12. The molecule has 0 aliphatic rings. The number of ether oxygens (including phenoxy) is 1. The minimum Gasteiger partial charge on any atom is -0.379 e. The van der Waals surface area contributed by atoms with Gasteiger partial charge in [0, 0.05) is 12.6 Å². The van der Waals surface area contributed by atoms with Crippen molar-refractivity contribution in [1.82, 2.24) is 5.32 Å². The summed E-state index contributed by atoms with van der Waals surface area (Å²) in [6, 6.07) is 10.1. The van der Waals surface area contributed by atoms with E-state index in [9.17, 15) is 0 Å². The van der Waals surface area contributed by atoms with Gasteiger partial charge in [-0.15, -0.1) is 0 Å². The zero-order valence-corrected chi connectivity index (χ0v) is 11.4. The van der Waals surface area contributed by atoms with Crippen LogP contribution >= 0.6 is 0 Å². The molecule has 0 fully saturated rings. The van der Waals surface area contributed by atoms with Gasteiger partial charge in [-0.05, 0) is 51.4 Å². The second-order valence-corrected chi connectivity index (χ2v) is 4.68. The second kappa shape index (κ2) is 7.86. The molecule has 0 amide bonds. The van der Waals surface area contributed by atoms with Crippen molar-refractivity contribution < 1.29 is 4.74 Å². The van der Waals surface area contributed by atoms with Gasteiger partial charge < -0.3 is 10.1 Å². The zero-order valence-electron chi connectivity index (χ0n) is 11.4. The van der Waals surface area contributed by atoms with E-state index in [0.717, 1.165) is 19.6 Å². The molecular formula is C15H22N2O. The first-order chi connectivity index (χ1) is 8.63. The van der Waals surface area contributed by atoms with Crippen molar-refractivity contribution >= 4 is 0 Å². The van der Waals surface area contributed by atoms with E-state index >= 15 is 0 Å². The SMILES string of the molecule is CC(C)OCCCNC(C)c1ccc(C#N)cc1. The van der Waals surface area contributed by atoms with Crippen molar-refractivity contribution in [3.63, 3.8) is 0 Å². The normalized spacial score (nSPS) is 12.4. The van der Waals surface area contributed by atoms with Crippen LogP contribution in [0.5, 0.6) is 0 Å². The Bertz CT molecular complexity index is 378. The van der Waals surface area contributed by atoms with Crippen molar-refractivity contribution in [2.45, 2.75) is 39.3 Å². The van der Waals surface area contributed by atoms with Crippen LogP contribution in [-0.4, -0.2) is 19.3 Å². The number of nitrogens with zero attached hydrogens (tertiary/aromatic N) is 1. The van der Waals surface area contributed by atoms with Crippen LogP contribution in [0.25, 0.3) is 0 Å². The first kappa shape index (κ1) is 14.7. The molecule has 1 aromatic rings. The Kier molecular flexibility index (Phi) is 6.42. The Morgan fingerprint density at radius 1 is 1.22 bits per heavy atom. The van der Waals surface area contributed by atoms with Gasteiger partial charge in [0.25, 0.3) is 0 Å².